The van der Waals surface area contributed by atoms with Crippen molar-refractivity contribution in [2.75, 3.05) is 11.9 Å². The lowest BCUT2D eigenvalue weighted by Crippen LogP contribution is -2.12. The molecule has 9 heteroatoms. The zero-order chi connectivity index (χ0) is 21.6. The summed E-state index contributed by atoms with van der Waals surface area (Å²) in [6.45, 7) is 1.15. The van der Waals surface area contributed by atoms with Crippen LogP contribution in [0, 0.1) is 0 Å². The van der Waals surface area contributed by atoms with Crippen LogP contribution >= 0.6 is 11.6 Å². The number of amides is 1. The van der Waals surface area contributed by atoms with E-state index in [9.17, 15) is 18.0 Å². The first kappa shape index (κ1) is 21.7. The number of hydrogen-bond donors (Lipinski definition) is 1. The second-order valence-electron chi connectivity index (χ2n) is 6.53. The van der Waals surface area contributed by atoms with E-state index in [-0.39, 0.29) is 23.8 Å². The number of imidazole rings is 1. The molecule has 0 fully saturated rings. The van der Waals surface area contributed by atoms with Crippen molar-refractivity contribution in [2.24, 2.45) is 0 Å². The minimum Gasteiger partial charge on any atom is -0.492 e. The number of halogens is 4. The van der Waals surface area contributed by atoms with Gasteiger partial charge in [-0.15, -0.1) is 0 Å². The molecule has 2 aromatic carbocycles. The number of alkyl halides is 3. The number of hydrogen-bond acceptors (Lipinski definition) is 3. The third kappa shape index (κ3) is 6.25. The Morgan fingerprint density at radius 1 is 1.17 bits per heavy atom. The van der Waals surface area contributed by atoms with Gasteiger partial charge < -0.3 is 14.6 Å². The smallest absolute Gasteiger partial charge is 0.416 e. The van der Waals surface area contributed by atoms with Gasteiger partial charge in [0.25, 0.3) is 0 Å². The number of aromatic nitrogens is 2. The van der Waals surface area contributed by atoms with E-state index >= 15 is 0 Å². The first-order valence-electron chi connectivity index (χ1n) is 9.15. The Morgan fingerprint density at radius 3 is 2.57 bits per heavy atom. The molecule has 0 spiro atoms. The van der Waals surface area contributed by atoms with Gasteiger partial charge >= 0.3 is 6.18 Å². The number of ether oxygens (including phenoxy) is 1. The van der Waals surface area contributed by atoms with Crippen molar-refractivity contribution in [2.45, 2.75) is 25.6 Å². The molecule has 0 radical (unpaired) electrons. The van der Waals surface area contributed by atoms with E-state index < -0.39 is 11.7 Å². The molecule has 1 aromatic heterocycles. The zero-order valence-corrected chi connectivity index (χ0v) is 16.6. The number of rotatable bonds is 8. The summed E-state index contributed by atoms with van der Waals surface area (Å²) in [5, 5.41) is 2.74. The number of nitrogens with zero attached hydrogens (tertiary/aromatic N) is 2. The van der Waals surface area contributed by atoms with Crippen LogP contribution in [-0.2, 0) is 23.9 Å². The monoisotopic (exact) mass is 437 g/mol. The summed E-state index contributed by atoms with van der Waals surface area (Å²) in [6.07, 6.45) is 1.13. The van der Waals surface area contributed by atoms with Gasteiger partial charge in [-0.25, -0.2) is 4.98 Å². The van der Waals surface area contributed by atoms with Gasteiger partial charge in [0.15, 0.2) is 0 Å². The predicted octanol–water partition coefficient (Wildman–Crippen LogP) is 5.21. The third-order valence-corrected chi connectivity index (χ3v) is 4.67. The number of carbonyl (C=O) groups excluding carboxylic acids is 1. The zero-order valence-electron chi connectivity index (χ0n) is 15.8. The highest BCUT2D eigenvalue weighted by atomic mass is 35.5. The standard InChI is InChI=1S/C21H19ClF3N3O2/c22-19-13-16(21(23,24)25)3-1-15(19)2-8-20(29)27-17-4-6-18(7-5-17)30-12-11-28-10-9-26-14-28/h1,3-7,9-10,13-14H,2,8,11-12H2,(H,27,29). The van der Waals surface area contributed by atoms with Crippen molar-refractivity contribution in [3.05, 3.63) is 77.3 Å². The molecule has 5 nitrogen and oxygen atoms in total. The van der Waals surface area contributed by atoms with Crippen molar-refractivity contribution in [3.63, 3.8) is 0 Å². The Bertz CT molecular complexity index is 974. The Kier molecular flexibility index (Phi) is 6.99. The van der Waals surface area contributed by atoms with Gasteiger partial charge in [0, 0.05) is 29.5 Å². The lowest BCUT2D eigenvalue weighted by atomic mass is 10.1. The summed E-state index contributed by atoms with van der Waals surface area (Å²) in [4.78, 5) is 16.1. The number of nitrogens with one attached hydrogen (secondary N) is 1. The Morgan fingerprint density at radius 2 is 1.93 bits per heavy atom. The minimum absolute atomic E-state index is 0.00480. The molecule has 0 saturated heterocycles. The Hall–Kier alpha value is -3.00. The first-order valence-corrected chi connectivity index (χ1v) is 9.53. The number of carbonyl (C=O) groups is 1. The molecule has 0 saturated carbocycles. The van der Waals surface area contributed by atoms with E-state index in [0.29, 0.717) is 30.2 Å². The maximum Gasteiger partial charge on any atom is 0.416 e. The molecule has 0 aliphatic heterocycles. The van der Waals surface area contributed by atoms with E-state index in [4.69, 9.17) is 16.3 Å². The van der Waals surface area contributed by atoms with Crippen LogP contribution in [0.4, 0.5) is 18.9 Å². The fraction of sp³-hybridized carbons (Fsp3) is 0.238. The lowest BCUT2D eigenvalue weighted by Gasteiger charge is -2.11. The van der Waals surface area contributed by atoms with E-state index in [1.54, 1.807) is 36.8 Å². The average molecular weight is 438 g/mol. The maximum absolute atomic E-state index is 12.7. The fourth-order valence-electron chi connectivity index (χ4n) is 2.72. The summed E-state index contributed by atoms with van der Waals surface area (Å²) < 4.78 is 45.6. The molecule has 30 heavy (non-hydrogen) atoms. The summed E-state index contributed by atoms with van der Waals surface area (Å²) >= 11 is 5.92. The molecule has 3 aromatic rings. The molecule has 158 valence electrons. The fourth-order valence-corrected chi connectivity index (χ4v) is 3.00. The maximum atomic E-state index is 12.7. The quantitative estimate of drug-likeness (QED) is 0.526. The highest BCUT2D eigenvalue weighted by Crippen LogP contribution is 2.32. The highest BCUT2D eigenvalue weighted by molar-refractivity contribution is 6.31. The SMILES string of the molecule is O=C(CCc1ccc(C(F)(F)F)cc1Cl)Nc1ccc(OCCn2ccnc2)cc1. The molecule has 0 aliphatic carbocycles. The molecule has 1 heterocycles. The first-order chi connectivity index (χ1) is 14.3. The van der Waals surface area contributed by atoms with Crippen LogP contribution < -0.4 is 10.1 Å². The predicted molar refractivity (Wildman–Crippen MR) is 108 cm³/mol. The lowest BCUT2D eigenvalue weighted by molar-refractivity contribution is -0.137. The summed E-state index contributed by atoms with van der Waals surface area (Å²) in [7, 11) is 0. The van der Waals surface area contributed by atoms with Gasteiger partial charge in [-0.3, -0.25) is 4.79 Å². The van der Waals surface area contributed by atoms with E-state index in [1.165, 1.54) is 6.07 Å². The number of aryl methyl sites for hydroxylation is 1. The average Bonchev–Trinajstić information content (AvgIpc) is 3.21. The van der Waals surface area contributed by atoms with E-state index in [0.717, 1.165) is 12.1 Å². The molecule has 0 unspecified atom stereocenters. The normalized spacial score (nSPS) is 11.3. The third-order valence-electron chi connectivity index (χ3n) is 4.32. The summed E-state index contributed by atoms with van der Waals surface area (Å²) in [6, 6.07) is 10.1. The Balaban J connectivity index is 1.45. The van der Waals surface area contributed by atoms with Gasteiger partial charge in [0.1, 0.15) is 12.4 Å². The van der Waals surface area contributed by atoms with Gasteiger partial charge in [0.05, 0.1) is 18.4 Å². The largest absolute Gasteiger partial charge is 0.492 e. The number of benzene rings is 2. The second kappa shape index (κ2) is 9.67. The van der Waals surface area contributed by atoms with Gasteiger partial charge in [-0.1, -0.05) is 17.7 Å². The van der Waals surface area contributed by atoms with Crippen molar-refractivity contribution >= 4 is 23.2 Å². The van der Waals surface area contributed by atoms with E-state index in [2.05, 4.69) is 10.3 Å². The van der Waals surface area contributed by atoms with Crippen LogP contribution in [0.5, 0.6) is 5.75 Å². The Labute approximate surface area is 176 Å². The van der Waals surface area contributed by atoms with Crippen LogP contribution in [0.1, 0.15) is 17.5 Å². The molecular formula is C21H19ClF3N3O2. The minimum atomic E-state index is -4.45. The van der Waals surface area contributed by atoms with Crippen molar-refractivity contribution in [3.8, 4) is 5.75 Å². The van der Waals surface area contributed by atoms with E-state index in [1.807, 2.05) is 10.8 Å². The molecule has 0 aliphatic rings. The molecule has 1 amide bonds. The molecule has 0 bridgehead atoms. The van der Waals surface area contributed by atoms with Crippen LogP contribution in [0.2, 0.25) is 5.02 Å². The van der Waals surface area contributed by atoms with Crippen LogP contribution in [-0.4, -0.2) is 22.1 Å². The number of anilines is 1. The molecule has 1 N–H and O–H groups in total. The van der Waals surface area contributed by atoms with Crippen molar-refractivity contribution in [1.29, 1.82) is 0 Å². The van der Waals surface area contributed by atoms with Crippen LogP contribution in [0.3, 0.4) is 0 Å². The van der Waals surface area contributed by atoms with Crippen LogP contribution in [0.25, 0.3) is 0 Å². The molecular weight excluding hydrogens is 419 g/mol. The molecule has 3 rings (SSSR count). The van der Waals surface area contributed by atoms with Crippen molar-refractivity contribution < 1.29 is 22.7 Å². The van der Waals surface area contributed by atoms with Crippen LogP contribution in [0.15, 0.2) is 61.2 Å². The highest BCUT2D eigenvalue weighted by Gasteiger charge is 2.30. The van der Waals surface area contributed by atoms with Crippen molar-refractivity contribution in [1.82, 2.24) is 9.55 Å². The second-order valence-corrected chi connectivity index (χ2v) is 6.93. The molecule has 0 atom stereocenters. The topological polar surface area (TPSA) is 56.1 Å². The van der Waals surface area contributed by atoms with Gasteiger partial charge in [0.2, 0.25) is 5.91 Å². The van der Waals surface area contributed by atoms with Gasteiger partial charge in [-0.2, -0.15) is 13.2 Å². The summed E-state index contributed by atoms with van der Waals surface area (Å²) in [5.41, 5.74) is 0.273. The van der Waals surface area contributed by atoms with Gasteiger partial charge in [-0.05, 0) is 48.4 Å². The summed E-state index contributed by atoms with van der Waals surface area (Å²) in [5.74, 6) is 0.407.